The number of amides is 1. The predicted molar refractivity (Wildman–Crippen MR) is 58.1 cm³/mol. The highest BCUT2D eigenvalue weighted by atomic mass is 16.5. The monoisotopic (exact) mass is 199 g/mol. The fourth-order valence-corrected chi connectivity index (χ4v) is 1.57. The molecule has 0 aliphatic rings. The second kappa shape index (κ2) is 4.60. The summed E-state index contributed by atoms with van der Waals surface area (Å²) in [4.78, 5) is 11.1. The molecule has 0 unspecified atom stereocenters. The number of carbonyl (C=O) groups excluding carboxylic acids is 1. The fraction of sp³-hybridized carbons (Fsp3) is 0.727. The minimum Gasteiger partial charge on any atom is -0.379 e. The van der Waals surface area contributed by atoms with E-state index in [2.05, 4.69) is 11.9 Å². The number of carbonyl (C=O) groups is 1. The molecule has 0 heterocycles. The summed E-state index contributed by atoms with van der Waals surface area (Å²) in [5.74, 6) is -0.151. The van der Waals surface area contributed by atoms with Crippen molar-refractivity contribution < 1.29 is 9.53 Å². The van der Waals surface area contributed by atoms with Crippen LogP contribution in [0.3, 0.4) is 0 Å². The van der Waals surface area contributed by atoms with E-state index in [1.807, 2.05) is 27.7 Å². The lowest BCUT2D eigenvalue weighted by atomic mass is 9.89. The van der Waals surface area contributed by atoms with Crippen molar-refractivity contribution >= 4 is 5.91 Å². The first-order chi connectivity index (χ1) is 6.22. The van der Waals surface area contributed by atoms with Gasteiger partial charge in [-0.2, -0.15) is 0 Å². The molecular formula is C11H21NO2. The average Bonchev–Trinajstić information content (AvgIpc) is 2.01. The maximum atomic E-state index is 11.1. The first kappa shape index (κ1) is 13.2. The fourth-order valence-electron chi connectivity index (χ4n) is 1.57. The van der Waals surface area contributed by atoms with Crippen LogP contribution in [-0.4, -0.2) is 24.2 Å². The van der Waals surface area contributed by atoms with Gasteiger partial charge in [0.15, 0.2) is 0 Å². The Morgan fingerprint density at radius 2 is 1.93 bits per heavy atom. The zero-order chi connectivity index (χ0) is 11.4. The highest BCUT2D eigenvalue weighted by Gasteiger charge is 2.29. The van der Waals surface area contributed by atoms with E-state index in [0.717, 1.165) is 6.42 Å². The van der Waals surface area contributed by atoms with Crippen LogP contribution in [0.1, 0.15) is 34.1 Å². The van der Waals surface area contributed by atoms with E-state index in [4.69, 9.17) is 4.74 Å². The molecule has 0 saturated carbocycles. The highest BCUT2D eigenvalue weighted by molar-refractivity contribution is 5.87. The van der Waals surface area contributed by atoms with Crippen LogP contribution in [-0.2, 0) is 9.53 Å². The Bertz CT molecular complexity index is 219. The number of ether oxygens (including phenoxy) is 1. The number of hydrogen-bond donors (Lipinski definition) is 1. The minimum atomic E-state index is -0.287. The Morgan fingerprint density at radius 1 is 1.43 bits per heavy atom. The molecule has 3 heteroatoms. The molecule has 0 spiro atoms. The number of rotatable bonds is 5. The minimum absolute atomic E-state index is 0.151. The third-order valence-electron chi connectivity index (χ3n) is 2.07. The van der Waals surface area contributed by atoms with Crippen LogP contribution in [0.5, 0.6) is 0 Å². The van der Waals surface area contributed by atoms with Gasteiger partial charge in [0.25, 0.3) is 0 Å². The molecule has 82 valence electrons. The van der Waals surface area contributed by atoms with Gasteiger partial charge in [-0.25, -0.2) is 0 Å². The van der Waals surface area contributed by atoms with Crippen LogP contribution in [0.4, 0.5) is 0 Å². The van der Waals surface area contributed by atoms with Crippen molar-refractivity contribution in [1.82, 2.24) is 5.32 Å². The molecule has 0 aromatic heterocycles. The van der Waals surface area contributed by atoms with Crippen molar-refractivity contribution in [3.8, 4) is 0 Å². The zero-order valence-electron chi connectivity index (χ0n) is 9.81. The van der Waals surface area contributed by atoms with Gasteiger partial charge in [0.1, 0.15) is 0 Å². The van der Waals surface area contributed by atoms with Gasteiger partial charge in [-0.1, -0.05) is 6.58 Å². The normalized spacial score (nSPS) is 12.4. The Kier molecular flexibility index (Phi) is 4.33. The molecule has 3 nitrogen and oxygen atoms in total. The van der Waals surface area contributed by atoms with E-state index in [1.165, 1.54) is 6.08 Å². The summed E-state index contributed by atoms with van der Waals surface area (Å²) in [5, 5.41) is 2.86. The highest BCUT2D eigenvalue weighted by Crippen LogP contribution is 2.22. The van der Waals surface area contributed by atoms with Crippen LogP contribution >= 0.6 is 0 Å². The average molecular weight is 199 g/mol. The number of hydrogen-bond acceptors (Lipinski definition) is 2. The van der Waals surface area contributed by atoms with Crippen molar-refractivity contribution in [2.75, 3.05) is 7.11 Å². The molecule has 0 aliphatic heterocycles. The summed E-state index contributed by atoms with van der Waals surface area (Å²) in [6, 6.07) is 0. The summed E-state index contributed by atoms with van der Waals surface area (Å²) >= 11 is 0. The Hall–Kier alpha value is -0.830. The van der Waals surface area contributed by atoms with E-state index in [9.17, 15) is 4.79 Å². The van der Waals surface area contributed by atoms with Gasteiger partial charge in [0.05, 0.1) is 5.60 Å². The largest absolute Gasteiger partial charge is 0.379 e. The van der Waals surface area contributed by atoms with Crippen molar-refractivity contribution in [2.24, 2.45) is 0 Å². The van der Waals surface area contributed by atoms with Gasteiger partial charge < -0.3 is 10.1 Å². The molecule has 0 atom stereocenters. The maximum Gasteiger partial charge on any atom is 0.243 e. The summed E-state index contributed by atoms with van der Waals surface area (Å²) in [6.45, 7) is 11.3. The van der Waals surface area contributed by atoms with Crippen molar-refractivity contribution in [1.29, 1.82) is 0 Å². The number of methoxy groups -OCH3 is 1. The standard InChI is InChI=1S/C11H21NO2/c1-7-9(13)12-10(2,3)8-11(4,5)14-6/h7H,1,8H2,2-6H3,(H,12,13). The summed E-state index contributed by atoms with van der Waals surface area (Å²) in [5.41, 5.74) is -0.525. The van der Waals surface area contributed by atoms with Crippen LogP contribution in [0.15, 0.2) is 12.7 Å². The topological polar surface area (TPSA) is 38.3 Å². The Morgan fingerprint density at radius 3 is 2.29 bits per heavy atom. The van der Waals surface area contributed by atoms with Crippen LogP contribution in [0, 0.1) is 0 Å². The smallest absolute Gasteiger partial charge is 0.243 e. The lowest BCUT2D eigenvalue weighted by molar-refractivity contribution is -0.118. The second-order valence-electron chi connectivity index (χ2n) is 4.72. The first-order valence-corrected chi connectivity index (χ1v) is 4.72. The molecular weight excluding hydrogens is 178 g/mol. The van der Waals surface area contributed by atoms with Crippen LogP contribution in [0.2, 0.25) is 0 Å². The van der Waals surface area contributed by atoms with Gasteiger partial charge in [-0.15, -0.1) is 0 Å². The molecule has 1 N–H and O–H groups in total. The third-order valence-corrected chi connectivity index (χ3v) is 2.07. The van der Waals surface area contributed by atoms with Crippen molar-refractivity contribution in [3.05, 3.63) is 12.7 Å². The Balaban J connectivity index is 4.33. The quantitative estimate of drug-likeness (QED) is 0.687. The SMILES string of the molecule is C=CC(=O)NC(C)(C)CC(C)(C)OC. The van der Waals surface area contributed by atoms with Crippen LogP contribution in [0.25, 0.3) is 0 Å². The van der Waals surface area contributed by atoms with E-state index >= 15 is 0 Å². The maximum absolute atomic E-state index is 11.1. The van der Waals surface area contributed by atoms with Gasteiger partial charge in [-0.3, -0.25) is 4.79 Å². The third kappa shape index (κ3) is 5.02. The lowest BCUT2D eigenvalue weighted by Gasteiger charge is -2.34. The van der Waals surface area contributed by atoms with Gasteiger partial charge in [0, 0.05) is 12.6 Å². The first-order valence-electron chi connectivity index (χ1n) is 4.72. The molecule has 0 rings (SSSR count). The van der Waals surface area contributed by atoms with E-state index in [1.54, 1.807) is 7.11 Å². The molecule has 0 fully saturated rings. The Labute approximate surface area is 86.5 Å². The predicted octanol–water partition coefficient (Wildman–Crippen LogP) is 1.88. The zero-order valence-corrected chi connectivity index (χ0v) is 9.81. The van der Waals surface area contributed by atoms with Gasteiger partial charge in [-0.05, 0) is 40.2 Å². The van der Waals surface area contributed by atoms with E-state index in [-0.39, 0.29) is 17.0 Å². The summed E-state index contributed by atoms with van der Waals surface area (Å²) in [6.07, 6.45) is 2.03. The summed E-state index contributed by atoms with van der Waals surface area (Å²) in [7, 11) is 1.67. The number of nitrogens with one attached hydrogen (secondary N) is 1. The molecule has 0 bridgehead atoms. The van der Waals surface area contributed by atoms with Gasteiger partial charge >= 0.3 is 0 Å². The van der Waals surface area contributed by atoms with Crippen molar-refractivity contribution in [2.45, 2.75) is 45.3 Å². The van der Waals surface area contributed by atoms with Crippen molar-refractivity contribution in [3.63, 3.8) is 0 Å². The van der Waals surface area contributed by atoms with E-state index < -0.39 is 0 Å². The van der Waals surface area contributed by atoms with Gasteiger partial charge in [0.2, 0.25) is 5.91 Å². The molecule has 0 saturated heterocycles. The summed E-state index contributed by atoms with van der Waals surface area (Å²) < 4.78 is 5.31. The molecule has 0 radical (unpaired) electrons. The van der Waals surface area contributed by atoms with E-state index in [0.29, 0.717) is 0 Å². The molecule has 0 aromatic rings. The van der Waals surface area contributed by atoms with Crippen LogP contribution < -0.4 is 5.32 Å². The lowest BCUT2D eigenvalue weighted by Crippen LogP contribution is -2.47. The molecule has 0 aromatic carbocycles. The molecule has 0 aliphatic carbocycles. The molecule has 14 heavy (non-hydrogen) atoms. The second-order valence-corrected chi connectivity index (χ2v) is 4.72. The molecule has 1 amide bonds.